The number of amides is 2. The van der Waals surface area contributed by atoms with Gasteiger partial charge in [-0.1, -0.05) is 29.8 Å². The molecule has 0 saturated carbocycles. The molecule has 0 aromatic heterocycles. The highest BCUT2D eigenvalue weighted by atomic mass is 35.5. The van der Waals surface area contributed by atoms with Crippen molar-refractivity contribution in [3.05, 3.63) is 75.7 Å². The molecule has 2 aromatic rings. The minimum Gasteiger partial charge on any atom is -0.493 e. The third-order valence-electron chi connectivity index (χ3n) is 4.73. The van der Waals surface area contributed by atoms with Gasteiger partial charge in [0.15, 0.2) is 11.5 Å². The Morgan fingerprint density at radius 3 is 2.56 bits per heavy atom. The number of thioether (sulfide) groups is 1. The van der Waals surface area contributed by atoms with Crippen molar-refractivity contribution in [1.29, 1.82) is 0 Å². The van der Waals surface area contributed by atoms with Crippen molar-refractivity contribution in [2.45, 2.75) is 13.0 Å². The van der Waals surface area contributed by atoms with E-state index in [1.807, 2.05) is 30.3 Å². The molecule has 2 amide bonds. The molecule has 6 nitrogen and oxygen atoms in total. The monoisotopic (exact) mass is 473 g/mol. The third-order valence-corrected chi connectivity index (χ3v) is 5.88. The highest BCUT2D eigenvalue weighted by Gasteiger charge is 2.34. The third kappa shape index (κ3) is 5.73. The quantitative estimate of drug-likeness (QED) is 0.343. The van der Waals surface area contributed by atoms with Gasteiger partial charge in [0.05, 0.1) is 25.2 Å². The Morgan fingerprint density at radius 1 is 1.16 bits per heavy atom. The minimum atomic E-state index is -0.329. The first-order valence-electron chi connectivity index (χ1n) is 9.90. The van der Waals surface area contributed by atoms with E-state index in [4.69, 9.17) is 25.8 Å². The van der Waals surface area contributed by atoms with Crippen molar-refractivity contribution in [3.8, 4) is 11.5 Å². The SMILES string of the molecule is C=CCc1cc(/C=C2/SC(=O)N(CCOC)C2=O)cc(OC)c1OCc1ccc(Cl)cc1. The lowest BCUT2D eigenvalue weighted by Crippen LogP contribution is -2.31. The summed E-state index contributed by atoms with van der Waals surface area (Å²) in [5.41, 5.74) is 2.56. The second-order valence-electron chi connectivity index (χ2n) is 6.95. The number of ether oxygens (including phenoxy) is 3. The molecule has 1 aliphatic rings. The smallest absolute Gasteiger partial charge is 0.293 e. The fraction of sp³-hybridized carbons (Fsp3) is 0.250. The van der Waals surface area contributed by atoms with Crippen LogP contribution in [0.4, 0.5) is 4.79 Å². The van der Waals surface area contributed by atoms with E-state index in [2.05, 4.69) is 6.58 Å². The molecule has 0 unspecified atom stereocenters. The first-order chi connectivity index (χ1) is 15.5. The lowest BCUT2D eigenvalue weighted by atomic mass is 10.0. The Bertz CT molecular complexity index is 1040. The molecular weight excluding hydrogens is 450 g/mol. The molecular formula is C24H24ClNO5S. The number of carbonyl (C=O) groups excluding carboxylic acids is 2. The molecule has 0 spiro atoms. The van der Waals surface area contributed by atoms with E-state index in [1.54, 1.807) is 25.3 Å². The van der Waals surface area contributed by atoms with E-state index in [0.717, 1.165) is 28.5 Å². The van der Waals surface area contributed by atoms with E-state index < -0.39 is 0 Å². The Labute approximate surface area is 196 Å². The maximum absolute atomic E-state index is 12.6. The average Bonchev–Trinajstić information content (AvgIpc) is 3.04. The lowest BCUT2D eigenvalue weighted by Gasteiger charge is -2.16. The van der Waals surface area contributed by atoms with Crippen molar-refractivity contribution in [2.24, 2.45) is 0 Å². The summed E-state index contributed by atoms with van der Waals surface area (Å²) in [4.78, 5) is 26.3. The standard InChI is InChI=1S/C24H24ClNO5S/c1-4-5-18-12-17(14-21-23(27)26(10-11-29-2)24(28)32-21)13-20(30-3)22(18)31-15-16-6-8-19(25)9-7-16/h4,6-9,12-14H,1,5,10-11,15H2,2-3H3/b21-14+. The summed E-state index contributed by atoms with van der Waals surface area (Å²) in [6.45, 7) is 4.69. The fourth-order valence-electron chi connectivity index (χ4n) is 3.15. The zero-order chi connectivity index (χ0) is 23.1. The number of carbonyl (C=O) groups is 2. The Balaban J connectivity index is 1.88. The van der Waals surface area contributed by atoms with Gasteiger partial charge in [-0.3, -0.25) is 14.5 Å². The van der Waals surface area contributed by atoms with Gasteiger partial charge in [0, 0.05) is 17.7 Å². The normalized spacial score (nSPS) is 14.8. The van der Waals surface area contributed by atoms with Gasteiger partial charge >= 0.3 is 0 Å². The predicted molar refractivity (Wildman–Crippen MR) is 127 cm³/mol. The highest BCUT2D eigenvalue weighted by Crippen LogP contribution is 2.37. The van der Waals surface area contributed by atoms with Crippen LogP contribution in [0.1, 0.15) is 16.7 Å². The Kier molecular flexibility index (Phi) is 8.39. The number of hydrogen-bond donors (Lipinski definition) is 0. The number of imide groups is 1. The van der Waals surface area contributed by atoms with Gasteiger partial charge in [-0.2, -0.15) is 0 Å². The topological polar surface area (TPSA) is 65.1 Å². The first-order valence-corrected chi connectivity index (χ1v) is 11.1. The van der Waals surface area contributed by atoms with Gasteiger partial charge in [0.2, 0.25) is 0 Å². The van der Waals surface area contributed by atoms with Crippen LogP contribution in [0, 0.1) is 0 Å². The van der Waals surface area contributed by atoms with Gasteiger partial charge in [0.25, 0.3) is 11.1 Å². The van der Waals surface area contributed by atoms with E-state index >= 15 is 0 Å². The van der Waals surface area contributed by atoms with Crippen molar-refractivity contribution in [2.75, 3.05) is 27.4 Å². The van der Waals surface area contributed by atoms with Crippen LogP contribution in [0.3, 0.4) is 0 Å². The van der Waals surface area contributed by atoms with E-state index in [9.17, 15) is 9.59 Å². The second-order valence-corrected chi connectivity index (χ2v) is 8.38. The summed E-state index contributed by atoms with van der Waals surface area (Å²) in [5, 5.41) is 0.356. The number of halogens is 1. The van der Waals surface area contributed by atoms with Crippen LogP contribution in [-0.4, -0.2) is 43.4 Å². The molecule has 168 valence electrons. The molecule has 2 aromatic carbocycles. The van der Waals surface area contributed by atoms with Gasteiger partial charge in [0.1, 0.15) is 6.61 Å². The zero-order valence-electron chi connectivity index (χ0n) is 17.9. The number of methoxy groups -OCH3 is 2. The Hall–Kier alpha value is -2.74. The van der Waals surface area contributed by atoms with E-state index in [0.29, 0.717) is 41.1 Å². The predicted octanol–water partition coefficient (Wildman–Crippen LogP) is 5.34. The summed E-state index contributed by atoms with van der Waals surface area (Å²) in [7, 11) is 3.09. The van der Waals surface area contributed by atoms with Gasteiger partial charge in [-0.05, 0) is 59.7 Å². The van der Waals surface area contributed by atoms with Crippen LogP contribution in [0.15, 0.2) is 54.0 Å². The van der Waals surface area contributed by atoms with Crippen LogP contribution in [0.25, 0.3) is 6.08 Å². The molecule has 0 N–H and O–H groups in total. The Morgan fingerprint density at radius 2 is 1.91 bits per heavy atom. The van der Waals surface area contributed by atoms with E-state index in [-0.39, 0.29) is 17.7 Å². The molecule has 0 aliphatic carbocycles. The van der Waals surface area contributed by atoms with Crippen molar-refractivity contribution >= 4 is 40.6 Å². The first kappa shape index (κ1) is 23.9. The van der Waals surface area contributed by atoms with Crippen LogP contribution in [0.5, 0.6) is 11.5 Å². The van der Waals surface area contributed by atoms with E-state index in [1.165, 1.54) is 12.0 Å². The summed E-state index contributed by atoms with van der Waals surface area (Å²) < 4.78 is 16.6. The molecule has 1 fully saturated rings. The molecule has 0 bridgehead atoms. The number of rotatable bonds is 10. The van der Waals surface area contributed by atoms with Crippen molar-refractivity contribution in [1.82, 2.24) is 4.90 Å². The lowest BCUT2D eigenvalue weighted by molar-refractivity contribution is -0.123. The number of allylic oxidation sites excluding steroid dienone is 1. The van der Waals surface area contributed by atoms with Crippen LogP contribution in [-0.2, 0) is 22.6 Å². The molecule has 8 heteroatoms. The second kappa shape index (κ2) is 11.2. The van der Waals surface area contributed by atoms with Crippen LogP contribution < -0.4 is 9.47 Å². The minimum absolute atomic E-state index is 0.223. The van der Waals surface area contributed by atoms with Gasteiger partial charge in [-0.15, -0.1) is 6.58 Å². The average molecular weight is 474 g/mol. The zero-order valence-corrected chi connectivity index (χ0v) is 19.5. The van der Waals surface area contributed by atoms with Gasteiger partial charge < -0.3 is 14.2 Å². The van der Waals surface area contributed by atoms with Crippen molar-refractivity contribution in [3.63, 3.8) is 0 Å². The molecule has 0 atom stereocenters. The maximum atomic E-state index is 12.6. The summed E-state index contributed by atoms with van der Waals surface area (Å²) in [6.07, 6.45) is 4.01. The molecule has 1 aliphatic heterocycles. The van der Waals surface area contributed by atoms with Gasteiger partial charge in [-0.25, -0.2) is 0 Å². The molecule has 1 heterocycles. The number of hydrogen-bond acceptors (Lipinski definition) is 6. The largest absolute Gasteiger partial charge is 0.493 e. The molecule has 32 heavy (non-hydrogen) atoms. The number of benzene rings is 2. The fourth-order valence-corrected chi connectivity index (χ4v) is 4.14. The summed E-state index contributed by atoms with van der Waals surface area (Å²) in [6, 6.07) is 11.1. The number of nitrogens with zero attached hydrogens (tertiary/aromatic N) is 1. The maximum Gasteiger partial charge on any atom is 0.293 e. The van der Waals surface area contributed by atoms with Crippen molar-refractivity contribution < 1.29 is 23.8 Å². The molecule has 3 rings (SSSR count). The summed E-state index contributed by atoms with van der Waals surface area (Å²) >= 11 is 6.86. The molecule has 0 radical (unpaired) electrons. The summed E-state index contributed by atoms with van der Waals surface area (Å²) in [5.74, 6) is 0.806. The van der Waals surface area contributed by atoms with Crippen LogP contribution >= 0.6 is 23.4 Å². The molecule has 1 saturated heterocycles. The highest BCUT2D eigenvalue weighted by molar-refractivity contribution is 8.18. The van der Waals surface area contributed by atoms with Crippen LogP contribution in [0.2, 0.25) is 5.02 Å².